The molecule has 186 valence electrons. The monoisotopic (exact) mass is 516 g/mol. The number of ether oxygens (including phenoxy) is 3. The van der Waals surface area contributed by atoms with Crippen molar-refractivity contribution in [2.24, 2.45) is 0 Å². The molecule has 0 fully saturated rings. The highest BCUT2D eigenvalue weighted by atomic mass is 32.2. The molecule has 35 heavy (non-hydrogen) atoms. The first-order valence-corrected chi connectivity index (χ1v) is 13.1. The van der Waals surface area contributed by atoms with Crippen LogP contribution in [0.1, 0.15) is 40.6 Å². The van der Waals surface area contributed by atoms with Crippen molar-refractivity contribution in [3.8, 4) is 22.9 Å². The summed E-state index contributed by atoms with van der Waals surface area (Å²) in [4.78, 5) is 26.4. The van der Waals surface area contributed by atoms with E-state index < -0.39 is 5.97 Å². The van der Waals surface area contributed by atoms with Gasteiger partial charge >= 0.3 is 5.97 Å². The van der Waals surface area contributed by atoms with E-state index in [0.29, 0.717) is 39.6 Å². The summed E-state index contributed by atoms with van der Waals surface area (Å²) in [6.45, 7) is 2.63. The normalized spacial score (nSPS) is 12.7. The summed E-state index contributed by atoms with van der Waals surface area (Å²) in [7, 11) is 4.54. The molecule has 11 heteroatoms. The van der Waals surface area contributed by atoms with Gasteiger partial charge < -0.3 is 24.1 Å². The van der Waals surface area contributed by atoms with Crippen LogP contribution in [0.2, 0.25) is 0 Å². The van der Waals surface area contributed by atoms with Crippen LogP contribution in [0.15, 0.2) is 23.4 Å². The summed E-state index contributed by atoms with van der Waals surface area (Å²) >= 11 is 2.77. The highest BCUT2D eigenvalue weighted by molar-refractivity contribution is 7.99. The number of rotatable bonds is 9. The van der Waals surface area contributed by atoms with Crippen LogP contribution in [-0.2, 0) is 28.9 Å². The van der Waals surface area contributed by atoms with Gasteiger partial charge in [0, 0.05) is 17.0 Å². The predicted octanol–water partition coefficient (Wildman–Crippen LogP) is 4.44. The number of aryl methyl sites for hydroxylation is 1. The van der Waals surface area contributed by atoms with E-state index in [0.717, 1.165) is 41.7 Å². The van der Waals surface area contributed by atoms with Gasteiger partial charge in [0.05, 0.1) is 32.6 Å². The quantitative estimate of drug-likeness (QED) is 0.329. The summed E-state index contributed by atoms with van der Waals surface area (Å²) in [5.74, 6) is 1.42. The smallest absolute Gasteiger partial charge is 0.341 e. The zero-order valence-corrected chi connectivity index (χ0v) is 21.8. The van der Waals surface area contributed by atoms with E-state index in [-0.39, 0.29) is 11.7 Å². The van der Waals surface area contributed by atoms with Crippen LogP contribution < -0.4 is 14.8 Å². The number of benzene rings is 1. The number of carbonyl (C=O) groups excluding carboxylic acids is 2. The lowest BCUT2D eigenvalue weighted by Gasteiger charge is -2.12. The van der Waals surface area contributed by atoms with Gasteiger partial charge in [-0.05, 0) is 56.4 Å². The number of esters is 1. The Labute approximate surface area is 212 Å². The molecule has 2 aromatic heterocycles. The summed E-state index contributed by atoms with van der Waals surface area (Å²) in [6, 6.07) is 5.57. The summed E-state index contributed by atoms with van der Waals surface area (Å²) in [5.41, 5.74) is 2.35. The fourth-order valence-corrected chi connectivity index (χ4v) is 6.23. The first-order chi connectivity index (χ1) is 17.0. The molecule has 3 aromatic rings. The van der Waals surface area contributed by atoms with Crippen LogP contribution in [0, 0.1) is 0 Å². The molecule has 1 amide bonds. The molecule has 1 aliphatic carbocycles. The van der Waals surface area contributed by atoms with Gasteiger partial charge in [-0.1, -0.05) is 11.8 Å². The summed E-state index contributed by atoms with van der Waals surface area (Å²) in [5, 5.41) is 12.8. The fraction of sp³-hybridized carbons (Fsp3) is 0.417. The second-order valence-electron chi connectivity index (χ2n) is 7.86. The van der Waals surface area contributed by atoms with E-state index in [1.54, 1.807) is 14.2 Å². The molecule has 0 saturated heterocycles. The van der Waals surface area contributed by atoms with Gasteiger partial charge in [0.15, 0.2) is 22.5 Å². The molecule has 1 aromatic carbocycles. The van der Waals surface area contributed by atoms with Crippen molar-refractivity contribution in [3.05, 3.63) is 34.2 Å². The molecule has 4 rings (SSSR count). The van der Waals surface area contributed by atoms with Crippen LogP contribution in [0.4, 0.5) is 5.00 Å². The van der Waals surface area contributed by atoms with Crippen molar-refractivity contribution in [1.82, 2.24) is 14.8 Å². The zero-order valence-electron chi connectivity index (χ0n) is 20.2. The Morgan fingerprint density at radius 1 is 1.11 bits per heavy atom. The van der Waals surface area contributed by atoms with Gasteiger partial charge in [-0.2, -0.15) is 0 Å². The number of amides is 1. The second-order valence-corrected chi connectivity index (χ2v) is 9.91. The first kappa shape index (κ1) is 25.1. The molecular formula is C24H28N4O5S2. The average molecular weight is 517 g/mol. The van der Waals surface area contributed by atoms with Crippen molar-refractivity contribution in [2.75, 3.05) is 32.4 Å². The molecule has 2 heterocycles. The topological polar surface area (TPSA) is 105 Å². The summed E-state index contributed by atoms with van der Waals surface area (Å²) in [6.07, 6.45) is 3.88. The van der Waals surface area contributed by atoms with Crippen LogP contribution in [-0.4, -0.2) is 53.7 Å². The van der Waals surface area contributed by atoms with Gasteiger partial charge in [0.25, 0.3) is 0 Å². The van der Waals surface area contributed by atoms with E-state index in [1.807, 2.05) is 29.7 Å². The Hall–Kier alpha value is -3.05. The molecule has 0 unspecified atom stereocenters. The lowest BCUT2D eigenvalue weighted by molar-refractivity contribution is -0.113. The largest absolute Gasteiger partial charge is 0.493 e. The molecule has 0 bridgehead atoms. The maximum Gasteiger partial charge on any atom is 0.341 e. The predicted molar refractivity (Wildman–Crippen MR) is 136 cm³/mol. The highest BCUT2D eigenvalue weighted by Gasteiger charge is 2.27. The van der Waals surface area contributed by atoms with Crippen molar-refractivity contribution < 1.29 is 23.8 Å². The minimum Gasteiger partial charge on any atom is -0.493 e. The maximum absolute atomic E-state index is 12.8. The van der Waals surface area contributed by atoms with E-state index in [2.05, 4.69) is 15.5 Å². The minimum atomic E-state index is -0.405. The number of methoxy groups -OCH3 is 3. The van der Waals surface area contributed by atoms with Gasteiger partial charge in [-0.3, -0.25) is 4.79 Å². The van der Waals surface area contributed by atoms with Gasteiger partial charge in [0.2, 0.25) is 5.91 Å². The number of fused-ring (bicyclic) bond motifs is 1. The third kappa shape index (κ3) is 5.15. The highest BCUT2D eigenvalue weighted by Crippen LogP contribution is 2.39. The molecule has 0 spiro atoms. The van der Waals surface area contributed by atoms with Crippen LogP contribution >= 0.6 is 23.1 Å². The molecule has 1 N–H and O–H groups in total. The lowest BCUT2D eigenvalue weighted by atomic mass is 9.95. The number of carbonyl (C=O) groups is 2. The Balaban J connectivity index is 1.49. The van der Waals surface area contributed by atoms with Gasteiger partial charge in [0.1, 0.15) is 5.00 Å². The number of hydrogen-bond donors (Lipinski definition) is 1. The fourth-order valence-electron chi connectivity index (χ4n) is 4.13. The molecule has 9 nitrogen and oxygen atoms in total. The van der Waals surface area contributed by atoms with Crippen molar-refractivity contribution >= 4 is 40.0 Å². The number of anilines is 1. The van der Waals surface area contributed by atoms with Crippen LogP contribution in [0.5, 0.6) is 11.5 Å². The molecule has 0 radical (unpaired) electrons. The van der Waals surface area contributed by atoms with E-state index in [9.17, 15) is 9.59 Å². The van der Waals surface area contributed by atoms with Crippen molar-refractivity contribution in [3.63, 3.8) is 0 Å². The van der Waals surface area contributed by atoms with Crippen LogP contribution in [0.3, 0.4) is 0 Å². The van der Waals surface area contributed by atoms with E-state index in [1.165, 1.54) is 30.2 Å². The van der Waals surface area contributed by atoms with Crippen molar-refractivity contribution in [1.29, 1.82) is 0 Å². The Kier molecular flexibility index (Phi) is 7.97. The Morgan fingerprint density at radius 2 is 1.89 bits per heavy atom. The number of thiophene rings is 1. The number of hydrogen-bond acceptors (Lipinski definition) is 9. The third-order valence-electron chi connectivity index (χ3n) is 5.82. The molecule has 1 aliphatic rings. The standard InChI is InChI=1S/C24H28N4O5S2/c1-5-28-21(14-10-11-16(31-2)17(12-14)32-3)26-27-24(28)34-13-19(29)25-22-20(23(30)33-4)15-8-6-7-9-18(15)35-22/h10-12H,5-9,13H2,1-4H3,(H,25,29). The summed E-state index contributed by atoms with van der Waals surface area (Å²) < 4.78 is 17.7. The molecule has 0 saturated carbocycles. The second kappa shape index (κ2) is 11.1. The SMILES string of the molecule is CCn1c(SCC(=O)Nc2sc3c(c2C(=O)OC)CCCC3)nnc1-c1ccc(OC)c(OC)c1. The van der Waals surface area contributed by atoms with Crippen molar-refractivity contribution in [2.45, 2.75) is 44.3 Å². The molecule has 0 aliphatic heterocycles. The minimum absolute atomic E-state index is 0.132. The first-order valence-electron chi connectivity index (χ1n) is 11.3. The van der Waals surface area contributed by atoms with Gasteiger partial charge in [-0.25, -0.2) is 4.79 Å². The number of aromatic nitrogens is 3. The molecule has 0 atom stereocenters. The van der Waals surface area contributed by atoms with E-state index >= 15 is 0 Å². The Bertz CT molecular complexity index is 1240. The lowest BCUT2D eigenvalue weighted by Crippen LogP contribution is -2.17. The number of thioether (sulfide) groups is 1. The third-order valence-corrected chi connectivity index (χ3v) is 7.99. The van der Waals surface area contributed by atoms with Gasteiger partial charge in [-0.15, -0.1) is 21.5 Å². The zero-order chi connectivity index (χ0) is 24.9. The van der Waals surface area contributed by atoms with E-state index in [4.69, 9.17) is 14.2 Å². The maximum atomic E-state index is 12.8. The average Bonchev–Trinajstić information content (AvgIpc) is 3.47. The number of nitrogens with one attached hydrogen (secondary N) is 1. The number of nitrogens with zero attached hydrogens (tertiary/aromatic N) is 3. The van der Waals surface area contributed by atoms with Crippen LogP contribution in [0.25, 0.3) is 11.4 Å². The molecular weight excluding hydrogens is 488 g/mol. The Morgan fingerprint density at radius 3 is 2.60 bits per heavy atom.